The van der Waals surface area contributed by atoms with Crippen LogP contribution in [0, 0.1) is 0 Å². The number of benzene rings is 2. The van der Waals surface area contributed by atoms with Gasteiger partial charge in [-0.2, -0.15) is 13.2 Å². The van der Waals surface area contributed by atoms with Gasteiger partial charge in [0.2, 0.25) is 0 Å². The molecule has 0 unspecified atom stereocenters. The Morgan fingerprint density at radius 2 is 1.59 bits per heavy atom. The van der Waals surface area contributed by atoms with Crippen molar-refractivity contribution in [3.8, 4) is 39.7 Å². The van der Waals surface area contributed by atoms with Crippen LogP contribution in [0.1, 0.15) is 5.56 Å². The highest BCUT2D eigenvalue weighted by Crippen LogP contribution is 2.37. The summed E-state index contributed by atoms with van der Waals surface area (Å²) in [4.78, 5) is 16.8. The Labute approximate surface area is 163 Å². The lowest BCUT2D eigenvalue weighted by atomic mass is 9.99. The van der Waals surface area contributed by atoms with E-state index in [1.165, 1.54) is 30.7 Å². The Hall–Kier alpha value is -3.81. The van der Waals surface area contributed by atoms with E-state index in [0.29, 0.717) is 33.9 Å². The highest BCUT2D eigenvalue weighted by atomic mass is 19.4. The van der Waals surface area contributed by atoms with Gasteiger partial charge in [0.05, 0.1) is 11.3 Å². The number of halogens is 3. The molecule has 4 aromatic rings. The zero-order valence-electron chi connectivity index (χ0n) is 14.8. The van der Waals surface area contributed by atoms with Crippen molar-refractivity contribution in [3.05, 3.63) is 78.9 Å². The van der Waals surface area contributed by atoms with Gasteiger partial charge >= 0.3 is 6.18 Å². The van der Waals surface area contributed by atoms with Gasteiger partial charge < -0.3 is 5.11 Å². The molecular formula is C21H13F3N4O. The van der Waals surface area contributed by atoms with Crippen LogP contribution in [-0.4, -0.2) is 25.0 Å². The summed E-state index contributed by atoms with van der Waals surface area (Å²) in [6.45, 7) is 0. The molecule has 4 rings (SSSR count). The summed E-state index contributed by atoms with van der Waals surface area (Å²) in [5, 5.41) is 10.3. The normalized spacial score (nSPS) is 11.4. The number of hydrogen-bond acceptors (Lipinski definition) is 5. The summed E-state index contributed by atoms with van der Waals surface area (Å²) in [5.41, 5.74) is 1.52. The summed E-state index contributed by atoms with van der Waals surface area (Å²) >= 11 is 0. The van der Waals surface area contributed by atoms with Crippen LogP contribution in [-0.2, 0) is 6.18 Å². The SMILES string of the molecule is Oc1ccccc1-c1nc(-c2ccncn2)ncc1-c1ccc(C(F)(F)F)cc1. The Bertz CT molecular complexity index is 1150. The smallest absolute Gasteiger partial charge is 0.416 e. The number of para-hydroxylation sites is 1. The Morgan fingerprint density at radius 1 is 0.828 bits per heavy atom. The maximum atomic E-state index is 12.9. The van der Waals surface area contributed by atoms with Crippen LogP contribution in [0.2, 0.25) is 0 Å². The van der Waals surface area contributed by atoms with Crippen LogP contribution in [0.3, 0.4) is 0 Å². The molecule has 0 saturated carbocycles. The minimum absolute atomic E-state index is 0.00648. The largest absolute Gasteiger partial charge is 0.507 e. The maximum absolute atomic E-state index is 12.9. The third-order valence-electron chi connectivity index (χ3n) is 4.28. The molecule has 29 heavy (non-hydrogen) atoms. The molecule has 0 fully saturated rings. The van der Waals surface area contributed by atoms with Crippen molar-refractivity contribution >= 4 is 0 Å². The first-order valence-electron chi connectivity index (χ1n) is 8.53. The van der Waals surface area contributed by atoms with Gasteiger partial charge in [0.15, 0.2) is 5.82 Å². The molecule has 0 atom stereocenters. The van der Waals surface area contributed by atoms with Crippen LogP contribution < -0.4 is 0 Å². The van der Waals surface area contributed by atoms with E-state index in [1.54, 1.807) is 30.5 Å². The molecule has 144 valence electrons. The van der Waals surface area contributed by atoms with Crippen molar-refractivity contribution in [2.75, 3.05) is 0 Å². The summed E-state index contributed by atoms with van der Waals surface area (Å²) in [5.74, 6) is 0.300. The van der Waals surface area contributed by atoms with Crippen LogP contribution in [0.4, 0.5) is 13.2 Å². The van der Waals surface area contributed by atoms with Crippen molar-refractivity contribution < 1.29 is 18.3 Å². The molecule has 2 aromatic heterocycles. The highest BCUT2D eigenvalue weighted by Gasteiger charge is 2.30. The number of hydrogen-bond donors (Lipinski definition) is 1. The average Bonchev–Trinajstić information content (AvgIpc) is 2.74. The van der Waals surface area contributed by atoms with Crippen molar-refractivity contribution in [3.63, 3.8) is 0 Å². The molecule has 0 saturated heterocycles. The van der Waals surface area contributed by atoms with Crippen LogP contribution in [0.15, 0.2) is 73.3 Å². The molecule has 0 radical (unpaired) electrons. The van der Waals surface area contributed by atoms with Crippen molar-refractivity contribution in [2.45, 2.75) is 6.18 Å². The first-order chi connectivity index (χ1) is 13.9. The summed E-state index contributed by atoms with van der Waals surface area (Å²) in [6, 6.07) is 13.0. The number of phenols is 1. The summed E-state index contributed by atoms with van der Waals surface area (Å²) in [6.07, 6.45) is -0.00149. The van der Waals surface area contributed by atoms with Crippen LogP contribution in [0.25, 0.3) is 33.9 Å². The van der Waals surface area contributed by atoms with Crippen molar-refractivity contribution in [1.29, 1.82) is 0 Å². The molecule has 2 heterocycles. The molecule has 0 aliphatic carbocycles. The zero-order chi connectivity index (χ0) is 20.4. The van der Waals surface area contributed by atoms with Gasteiger partial charge in [-0.1, -0.05) is 24.3 Å². The second-order valence-electron chi connectivity index (χ2n) is 6.14. The first-order valence-corrected chi connectivity index (χ1v) is 8.53. The maximum Gasteiger partial charge on any atom is 0.416 e. The summed E-state index contributed by atoms with van der Waals surface area (Å²) < 4.78 is 38.7. The minimum atomic E-state index is -4.42. The van der Waals surface area contributed by atoms with E-state index in [0.717, 1.165) is 12.1 Å². The Morgan fingerprint density at radius 3 is 2.24 bits per heavy atom. The fourth-order valence-electron chi connectivity index (χ4n) is 2.86. The van der Waals surface area contributed by atoms with Crippen LogP contribution >= 0.6 is 0 Å². The minimum Gasteiger partial charge on any atom is -0.507 e. The molecule has 0 spiro atoms. The molecule has 0 aliphatic heterocycles. The molecule has 8 heteroatoms. The number of rotatable bonds is 3. The Balaban J connectivity index is 1.89. The van der Waals surface area contributed by atoms with Gasteiger partial charge in [-0.25, -0.2) is 19.9 Å². The van der Waals surface area contributed by atoms with E-state index in [2.05, 4.69) is 19.9 Å². The van der Waals surface area contributed by atoms with E-state index in [4.69, 9.17) is 0 Å². The molecule has 2 aromatic carbocycles. The molecule has 0 aliphatic rings. The molecule has 1 N–H and O–H groups in total. The van der Waals surface area contributed by atoms with Crippen molar-refractivity contribution in [1.82, 2.24) is 19.9 Å². The number of aromatic hydroxyl groups is 1. The molecule has 0 bridgehead atoms. The van der Waals surface area contributed by atoms with Gasteiger partial charge in [-0.3, -0.25) is 0 Å². The Kier molecular flexibility index (Phi) is 4.67. The fourth-order valence-corrected chi connectivity index (χ4v) is 2.86. The van der Waals surface area contributed by atoms with Gasteiger partial charge in [-0.15, -0.1) is 0 Å². The molecular weight excluding hydrogens is 381 g/mol. The quantitative estimate of drug-likeness (QED) is 0.530. The highest BCUT2D eigenvalue weighted by molar-refractivity contribution is 5.83. The van der Waals surface area contributed by atoms with E-state index in [1.807, 2.05) is 0 Å². The van der Waals surface area contributed by atoms with Crippen LogP contribution in [0.5, 0.6) is 5.75 Å². The number of phenolic OH excluding ortho intramolecular Hbond substituents is 1. The second kappa shape index (κ2) is 7.31. The number of nitrogens with zero attached hydrogens (tertiary/aromatic N) is 4. The van der Waals surface area contributed by atoms with E-state index in [9.17, 15) is 18.3 Å². The molecule has 5 nitrogen and oxygen atoms in total. The number of alkyl halides is 3. The number of aromatic nitrogens is 4. The predicted molar refractivity (Wildman–Crippen MR) is 101 cm³/mol. The first kappa shape index (κ1) is 18.5. The third-order valence-corrected chi connectivity index (χ3v) is 4.28. The molecule has 0 amide bonds. The third kappa shape index (κ3) is 3.77. The predicted octanol–water partition coefficient (Wildman–Crippen LogP) is 4.99. The van der Waals surface area contributed by atoms with E-state index in [-0.39, 0.29) is 5.75 Å². The topological polar surface area (TPSA) is 71.8 Å². The standard InChI is InChI=1S/C21H13F3N4O/c22-21(23,24)14-7-5-13(6-8-14)16-11-26-20(17-9-10-25-12-27-17)28-19(16)15-3-1-2-4-18(15)29/h1-12,29H. The lowest BCUT2D eigenvalue weighted by molar-refractivity contribution is -0.137. The fraction of sp³-hybridized carbons (Fsp3) is 0.0476. The lowest BCUT2D eigenvalue weighted by Gasteiger charge is -2.13. The average molecular weight is 394 g/mol. The van der Waals surface area contributed by atoms with Gasteiger partial charge in [-0.05, 0) is 35.9 Å². The summed E-state index contributed by atoms with van der Waals surface area (Å²) in [7, 11) is 0. The van der Waals surface area contributed by atoms with Gasteiger partial charge in [0, 0.05) is 23.5 Å². The van der Waals surface area contributed by atoms with E-state index >= 15 is 0 Å². The van der Waals surface area contributed by atoms with E-state index < -0.39 is 11.7 Å². The second-order valence-corrected chi connectivity index (χ2v) is 6.14. The van der Waals surface area contributed by atoms with Crippen molar-refractivity contribution in [2.24, 2.45) is 0 Å². The van der Waals surface area contributed by atoms with Gasteiger partial charge in [0.25, 0.3) is 0 Å². The zero-order valence-corrected chi connectivity index (χ0v) is 14.8. The lowest BCUT2D eigenvalue weighted by Crippen LogP contribution is -2.04. The monoisotopic (exact) mass is 394 g/mol. The van der Waals surface area contributed by atoms with Gasteiger partial charge in [0.1, 0.15) is 17.8 Å².